The number of rotatable bonds is 4. The fourth-order valence-corrected chi connectivity index (χ4v) is 3.80. The van der Waals surface area contributed by atoms with Crippen molar-refractivity contribution in [3.63, 3.8) is 0 Å². The SMILES string of the molecule is C=C1NC(N)=Nc2c1nsc2[C@H]1C[C@H](C)[C@@H](CO[P+](=C)O)O1. The van der Waals surface area contributed by atoms with Gasteiger partial charge in [0.05, 0.1) is 22.8 Å². The maximum Gasteiger partial charge on any atom is 0.420 e. The highest BCUT2D eigenvalue weighted by Crippen LogP contribution is 2.45. The van der Waals surface area contributed by atoms with Gasteiger partial charge in [-0.1, -0.05) is 13.5 Å². The molecular weight excluding hydrogens is 323 g/mol. The van der Waals surface area contributed by atoms with Gasteiger partial charge in [-0.25, -0.2) is 4.99 Å². The van der Waals surface area contributed by atoms with Gasteiger partial charge in [0.15, 0.2) is 5.96 Å². The number of nitrogens with zero attached hydrogens (tertiary/aromatic N) is 2. The second-order valence-electron chi connectivity index (χ2n) is 5.37. The van der Waals surface area contributed by atoms with E-state index in [1.165, 1.54) is 11.5 Å². The molecule has 0 aliphatic carbocycles. The van der Waals surface area contributed by atoms with Crippen molar-refractivity contribution in [1.29, 1.82) is 0 Å². The molecule has 0 saturated carbocycles. The number of aromatic nitrogens is 1. The Morgan fingerprint density at radius 3 is 3.14 bits per heavy atom. The number of guanidine groups is 1. The van der Waals surface area contributed by atoms with E-state index < -0.39 is 8.00 Å². The Morgan fingerprint density at radius 1 is 1.64 bits per heavy atom. The normalized spacial score (nSPS) is 28.1. The summed E-state index contributed by atoms with van der Waals surface area (Å²) in [5.74, 6) is 0.622. The molecule has 2 aliphatic rings. The Kier molecular flexibility index (Phi) is 4.29. The second-order valence-corrected chi connectivity index (χ2v) is 7.14. The van der Waals surface area contributed by atoms with Crippen molar-refractivity contribution >= 4 is 43.2 Å². The molecule has 0 bridgehead atoms. The van der Waals surface area contributed by atoms with Gasteiger partial charge in [-0.15, -0.1) is 0 Å². The minimum absolute atomic E-state index is 0.0760. The monoisotopic (exact) mass is 341 g/mol. The van der Waals surface area contributed by atoms with Crippen molar-refractivity contribution < 1.29 is 14.2 Å². The summed E-state index contributed by atoms with van der Waals surface area (Å²) in [6, 6.07) is 0. The lowest BCUT2D eigenvalue weighted by atomic mass is 10.0. The second kappa shape index (κ2) is 6.06. The Morgan fingerprint density at radius 2 is 2.41 bits per heavy atom. The van der Waals surface area contributed by atoms with E-state index in [1.807, 2.05) is 0 Å². The number of nitrogens with one attached hydrogen (secondary N) is 1. The van der Waals surface area contributed by atoms with Crippen molar-refractivity contribution in [1.82, 2.24) is 9.69 Å². The summed E-state index contributed by atoms with van der Waals surface area (Å²) >= 11 is 1.36. The first kappa shape index (κ1) is 15.6. The summed E-state index contributed by atoms with van der Waals surface area (Å²) in [6.07, 6.45) is 4.13. The van der Waals surface area contributed by atoms with Crippen molar-refractivity contribution in [2.75, 3.05) is 6.61 Å². The number of nitrogens with two attached hydrogens (primary N) is 1. The van der Waals surface area contributed by atoms with Crippen molar-refractivity contribution in [3.05, 3.63) is 17.2 Å². The Balaban J connectivity index is 1.80. The van der Waals surface area contributed by atoms with E-state index in [2.05, 4.69) is 34.5 Å². The van der Waals surface area contributed by atoms with Gasteiger partial charge in [0.1, 0.15) is 24.3 Å². The summed E-state index contributed by atoms with van der Waals surface area (Å²) in [5.41, 5.74) is 7.88. The lowest BCUT2D eigenvalue weighted by Gasteiger charge is -2.15. The Hall–Kier alpha value is -1.31. The Labute approximate surface area is 133 Å². The summed E-state index contributed by atoms with van der Waals surface area (Å²) < 4.78 is 15.7. The minimum atomic E-state index is -1.61. The van der Waals surface area contributed by atoms with Gasteiger partial charge < -0.3 is 15.8 Å². The van der Waals surface area contributed by atoms with Gasteiger partial charge in [0.2, 0.25) is 0 Å². The molecule has 1 unspecified atom stereocenters. The molecule has 22 heavy (non-hydrogen) atoms. The van der Waals surface area contributed by atoms with Crippen LogP contribution in [0.3, 0.4) is 0 Å². The van der Waals surface area contributed by atoms with Crippen LogP contribution in [0.4, 0.5) is 5.69 Å². The highest BCUT2D eigenvalue weighted by atomic mass is 32.1. The molecular formula is C13H18N4O3PS+. The van der Waals surface area contributed by atoms with E-state index in [-0.39, 0.29) is 12.2 Å². The Bertz CT molecular complexity index is 660. The van der Waals surface area contributed by atoms with Crippen molar-refractivity contribution in [3.8, 4) is 0 Å². The summed E-state index contributed by atoms with van der Waals surface area (Å²) in [7, 11) is -1.61. The third kappa shape index (κ3) is 2.93. The quantitative estimate of drug-likeness (QED) is 0.723. The van der Waals surface area contributed by atoms with Crippen LogP contribution in [0.5, 0.6) is 0 Å². The summed E-state index contributed by atoms with van der Waals surface area (Å²) in [4.78, 5) is 14.5. The van der Waals surface area contributed by atoms with Crippen LogP contribution in [-0.2, 0) is 9.26 Å². The number of ether oxygens (including phenoxy) is 1. The highest BCUT2D eigenvalue weighted by Gasteiger charge is 2.38. The molecule has 1 fully saturated rings. The smallest absolute Gasteiger partial charge is 0.369 e. The molecule has 0 amide bonds. The van der Waals surface area contributed by atoms with E-state index in [0.717, 1.165) is 22.7 Å². The average Bonchev–Trinajstić information content (AvgIpc) is 3.00. The molecule has 4 atom stereocenters. The number of hydrogen-bond donors (Lipinski definition) is 3. The molecule has 1 aromatic rings. The lowest BCUT2D eigenvalue weighted by molar-refractivity contribution is 0.0102. The topological polar surface area (TPSA) is 102 Å². The van der Waals surface area contributed by atoms with Crippen LogP contribution in [0.25, 0.3) is 5.70 Å². The van der Waals surface area contributed by atoms with Gasteiger partial charge >= 0.3 is 8.00 Å². The molecule has 0 aromatic carbocycles. The minimum Gasteiger partial charge on any atom is -0.369 e. The number of fused-ring (bicyclic) bond motifs is 1. The van der Waals surface area contributed by atoms with Gasteiger partial charge in [0, 0.05) is 0 Å². The zero-order chi connectivity index (χ0) is 15.9. The maximum atomic E-state index is 9.18. The first-order chi connectivity index (χ1) is 10.5. The van der Waals surface area contributed by atoms with Crippen LogP contribution in [0.2, 0.25) is 0 Å². The summed E-state index contributed by atoms with van der Waals surface area (Å²) in [5, 5.41) is 2.87. The van der Waals surface area contributed by atoms with Gasteiger partial charge in [-0.05, 0) is 23.9 Å². The van der Waals surface area contributed by atoms with Gasteiger partial charge in [0.25, 0.3) is 0 Å². The molecule has 0 radical (unpaired) electrons. The molecule has 118 valence electrons. The zero-order valence-corrected chi connectivity index (χ0v) is 13.9. The van der Waals surface area contributed by atoms with Crippen LogP contribution < -0.4 is 11.1 Å². The zero-order valence-electron chi connectivity index (χ0n) is 12.2. The molecule has 2 aliphatic heterocycles. The lowest BCUT2D eigenvalue weighted by Crippen LogP contribution is -2.31. The van der Waals surface area contributed by atoms with Crippen LogP contribution in [0.15, 0.2) is 11.6 Å². The molecule has 4 N–H and O–H groups in total. The number of hydrogen-bond acceptors (Lipinski definition) is 8. The standard InChI is InChI=1S/C13H18N4O3PS/c1-6-4-8(20-9(6)5-19-21(3)18)12-11-10(17-22-12)7(2)15-13(14)16-11/h6,8-9,18H,2-5H2,1H3,(H3,14,15,16)/q+1/t6-,8+,9+/m0/s1. The van der Waals surface area contributed by atoms with E-state index in [0.29, 0.717) is 24.2 Å². The predicted molar refractivity (Wildman–Crippen MR) is 89.2 cm³/mol. The van der Waals surface area contributed by atoms with Crippen LogP contribution in [-0.4, -0.2) is 34.2 Å². The third-order valence-corrected chi connectivity index (χ3v) is 5.10. The molecule has 7 nitrogen and oxygen atoms in total. The van der Waals surface area contributed by atoms with Crippen molar-refractivity contribution in [2.24, 2.45) is 16.6 Å². The van der Waals surface area contributed by atoms with E-state index >= 15 is 0 Å². The maximum absolute atomic E-state index is 9.18. The molecule has 1 aromatic heterocycles. The largest absolute Gasteiger partial charge is 0.420 e. The van der Waals surface area contributed by atoms with E-state index in [4.69, 9.17) is 15.0 Å². The molecule has 0 spiro atoms. The van der Waals surface area contributed by atoms with Gasteiger partial charge in [-0.2, -0.15) is 13.8 Å². The molecule has 9 heteroatoms. The third-order valence-electron chi connectivity index (χ3n) is 3.73. The van der Waals surface area contributed by atoms with E-state index in [9.17, 15) is 4.89 Å². The number of aliphatic imine (C=N–C) groups is 1. The van der Waals surface area contributed by atoms with Crippen LogP contribution >= 0.6 is 19.5 Å². The fourth-order valence-electron chi connectivity index (χ4n) is 2.60. The first-order valence-corrected chi connectivity index (χ1v) is 9.00. The fraction of sp³-hybridized carbons (Fsp3) is 0.462. The van der Waals surface area contributed by atoms with Crippen molar-refractivity contribution in [2.45, 2.75) is 25.6 Å². The average molecular weight is 341 g/mol. The first-order valence-electron chi connectivity index (χ1n) is 6.83. The van der Waals surface area contributed by atoms with Gasteiger partial charge in [-0.3, -0.25) is 0 Å². The van der Waals surface area contributed by atoms with E-state index in [1.54, 1.807) is 0 Å². The summed E-state index contributed by atoms with van der Waals surface area (Å²) in [6.45, 7) is 6.34. The van der Waals surface area contributed by atoms with Crippen LogP contribution in [0.1, 0.15) is 30.0 Å². The highest BCUT2D eigenvalue weighted by molar-refractivity contribution is 7.44. The molecule has 1 saturated heterocycles. The molecule has 3 heterocycles. The molecule has 3 rings (SSSR count). The van der Waals surface area contributed by atoms with Crippen LogP contribution in [0, 0.1) is 5.92 Å². The predicted octanol–water partition coefficient (Wildman–Crippen LogP) is 1.88.